The molecule has 0 aromatic heterocycles. The number of alkyl halides is 6. The number of carbonyl (C=O) groups is 1. The van der Waals surface area contributed by atoms with Crippen molar-refractivity contribution >= 4 is 27.7 Å². The van der Waals surface area contributed by atoms with E-state index >= 15 is 0 Å². The van der Waals surface area contributed by atoms with E-state index in [-0.39, 0.29) is 37.3 Å². The first-order valence-electron chi connectivity index (χ1n) is 9.73. The Morgan fingerprint density at radius 1 is 0.912 bits per heavy atom. The maximum absolute atomic E-state index is 12.9. The largest absolute Gasteiger partial charge is 0.416 e. The molecular formula is C21H18F6N2O4S. The van der Waals surface area contributed by atoms with Gasteiger partial charge < -0.3 is 10.1 Å². The molecule has 6 nitrogen and oxygen atoms in total. The Morgan fingerprint density at radius 2 is 1.44 bits per heavy atom. The Hall–Kier alpha value is -2.90. The Bertz CT molecular complexity index is 1140. The van der Waals surface area contributed by atoms with Crippen LogP contribution in [0.1, 0.15) is 16.7 Å². The zero-order valence-electron chi connectivity index (χ0n) is 17.3. The molecule has 1 aliphatic heterocycles. The first-order chi connectivity index (χ1) is 15.8. The summed E-state index contributed by atoms with van der Waals surface area (Å²) in [5.74, 6) is -0.975. The number of amides is 1. The van der Waals surface area contributed by atoms with Gasteiger partial charge in [0, 0.05) is 24.9 Å². The number of nitrogens with one attached hydrogen (secondary N) is 1. The van der Waals surface area contributed by atoms with Crippen molar-refractivity contribution in [2.24, 2.45) is 0 Å². The van der Waals surface area contributed by atoms with Crippen LogP contribution >= 0.6 is 0 Å². The van der Waals surface area contributed by atoms with E-state index in [1.165, 1.54) is 34.6 Å². The average Bonchev–Trinajstić information content (AvgIpc) is 2.77. The van der Waals surface area contributed by atoms with E-state index in [9.17, 15) is 39.6 Å². The van der Waals surface area contributed by atoms with Crippen LogP contribution < -0.4 is 5.32 Å². The molecule has 1 amide bonds. The summed E-state index contributed by atoms with van der Waals surface area (Å²) in [6.07, 6.45) is -7.95. The van der Waals surface area contributed by atoms with Crippen molar-refractivity contribution in [3.05, 3.63) is 65.2 Å². The molecule has 0 unspecified atom stereocenters. The summed E-state index contributed by atoms with van der Waals surface area (Å²) in [7, 11) is -3.72. The zero-order valence-corrected chi connectivity index (χ0v) is 18.1. The molecular weight excluding hydrogens is 490 g/mol. The second-order valence-corrected chi connectivity index (χ2v) is 9.14. The molecule has 34 heavy (non-hydrogen) atoms. The van der Waals surface area contributed by atoms with E-state index in [1.807, 2.05) is 5.32 Å². The maximum Gasteiger partial charge on any atom is 0.416 e. The predicted octanol–water partition coefficient (Wildman–Crippen LogP) is 4.40. The molecule has 1 fully saturated rings. The number of anilines is 1. The lowest BCUT2D eigenvalue weighted by molar-refractivity contribution is -0.143. The van der Waals surface area contributed by atoms with Crippen molar-refractivity contribution in [3.8, 4) is 0 Å². The van der Waals surface area contributed by atoms with Gasteiger partial charge in [-0.05, 0) is 42.0 Å². The fourth-order valence-electron chi connectivity index (χ4n) is 3.07. The minimum Gasteiger partial charge on any atom is -0.379 e. The average molecular weight is 508 g/mol. The number of morpholine rings is 1. The molecule has 1 aliphatic rings. The van der Waals surface area contributed by atoms with Crippen molar-refractivity contribution in [1.82, 2.24) is 4.31 Å². The third-order valence-corrected chi connectivity index (χ3v) is 6.68. The van der Waals surface area contributed by atoms with Crippen LogP contribution in [0, 0.1) is 0 Å². The van der Waals surface area contributed by atoms with Crippen LogP contribution in [-0.4, -0.2) is 44.9 Å². The van der Waals surface area contributed by atoms with Gasteiger partial charge in [-0.1, -0.05) is 12.1 Å². The van der Waals surface area contributed by atoms with Crippen LogP contribution in [0.2, 0.25) is 0 Å². The van der Waals surface area contributed by atoms with Crippen LogP contribution in [0.5, 0.6) is 0 Å². The van der Waals surface area contributed by atoms with E-state index in [4.69, 9.17) is 4.74 Å². The molecule has 2 aromatic carbocycles. The predicted molar refractivity (Wildman–Crippen MR) is 110 cm³/mol. The molecule has 3 rings (SSSR count). The number of benzene rings is 2. The summed E-state index contributed by atoms with van der Waals surface area (Å²) >= 11 is 0. The Labute approximate surface area is 190 Å². The lowest BCUT2D eigenvalue weighted by atomic mass is 10.1. The first-order valence-corrected chi connectivity index (χ1v) is 11.2. The van der Waals surface area contributed by atoms with Crippen LogP contribution in [0.15, 0.2) is 53.4 Å². The number of carbonyl (C=O) groups excluding carboxylic acids is 1. The SMILES string of the molecule is O=C(/C=C/c1ccc(S(=O)(=O)N2CCOCC2)cc1)Nc1cc(C(F)(F)F)cc(C(F)(F)F)c1. The van der Waals surface area contributed by atoms with Crippen molar-refractivity contribution in [1.29, 1.82) is 0 Å². The first kappa shape index (κ1) is 25.7. The summed E-state index contributed by atoms with van der Waals surface area (Å²) < 4.78 is 109. The fraction of sp³-hybridized carbons (Fsp3) is 0.286. The summed E-state index contributed by atoms with van der Waals surface area (Å²) in [5, 5.41) is 1.98. The Kier molecular flexibility index (Phi) is 7.38. The molecule has 2 aromatic rings. The van der Waals surface area contributed by atoms with Crippen LogP contribution in [0.3, 0.4) is 0 Å². The molecule has 0 spiro atoms. The molecule has 13 heteroatoms. The van der Waals surface area contributed by atoms with E-state index in [1.54, 1.807) is 0 Å². The molecule has 1 N–H and O–H groups in total. The lowest BCUT2D eigenvalue weighted by Crippen LogP contribution is -2.40. The topological polar surface area (TPSA) is 75.7 Å². The quantitative estimate of drug-likeness (QED) is 0.480. The molecule has 0 atom stereocenters. The van der Waals surface area contributed by atoms with Gasteiger partial charge in [0.05, 0.1) is 29.2 Å². The smallest absolute Gasteiger partial charge is 0.379 e. The number of halogens is 6. The number of hydrogen-bond donors (Lipinski definition) is 1. The van der Waals surface area contributed by atoms with Gasteiger partial charge in [0.15, 0.2) is 0 Å². The van der Waals surface area contributed by atoms with Gasteiger partial charge in [0.25, 0.3) is 0 Å². The van der Waals surface area contributed by atoms with Crippen molar-refractivity contribution in [2.75, 3.05) is 31.6 Å². The molecule has 184 valence electrons. The zero-order chi connectivity index (χ0) is 25.1. The maximum atomic E-state index is 12.9. The summed E-state index contributed by atoms with van der Waals surface area (Å²) in [6, 6.07) is 6.21. The normalized spacial score (nSPS) is 16.1. The van der Waals surface area contributed by atoms with Crippen LogP contribution in [0.4, 0.5) is 32.0 Å². The highest BCUT2D eigenvalue weighted by Crippen LogP contribution is 2.37. The molecule has 0 radical (unpaired) electrons. The number of sulfonamides is 1. The minimum absolute atomic E-state index is 0.0275. The van der Waals surface area contributed by atoms with Gasteiger partial charge in [-0.3, -0.25) is 4.79 Å². The van der Waals surface area contributed by atoms with Gasteiger partial charge in [-0.2, -0.15) is 30.6 Å². The van der Waals surface area contributed by atoms with Gasteiger partial charge in [-0.15, -0.1) is 0 Å². The standard InChI is InChI=1S/C21H18F6N2O4S/c22-20(23,24)15-11-16(21(25,26)27)13-17(12-15)28-19(30)6-3-14-1-4-18(5-2-14)34(31,32)29-7-9-33-10-8-29/h1-6,11-13H,7-10H2,(H,28,30)/b6-3+. The van der Waals surface area contributed by atoms with Crippen molar-refractivity contribution in [2.45, 2.75) is 17.2 Å². The summed E-state index contributed by atoms with van der Waals surface area (Å²) in [5.41, 5.74) is -3.41. The van der Waals surface area contributed by atoms with E-state index < -0.39 is 45.1 Å². The number of rotatable bonds is 5. The summed E-state index contributed by atoms with van der Waals surface area (Å²) in [6.45, 7) is 1.00. The van der Waals surface area contributed by atoms with E-state index in [0.717, 1.165) is 6.08 Å². The Morgan fingerprint density at radius 3 is 1.94 bits per heavy atom. The third-order valence-electron chi connectivity index (χ3n) is 4.77. The van der Waals surface area contributed by atoms with Gasteiger partial charge in [-0.25, -0.2) is 8.42 Å². The second-order valence-electron chi connectivity index (χ2n) is 7.20. The molecule has 0 bridgehead atoms. The Balaban J connectivity index is 1.73. The van der Waals surface area contributed by atoms with E-state index in [0.29, 0.717) is 17.7 Å². The van der Waals surface area contributed by atoms with Gasteiger partial charge in [0.2, 0.25) is 15.9 Å². The monoisotopic (exact) mass is 508 g/mol. The highest BCUT2D eigenvalue weighted by atomic mass is 32.2. The second kappa shape index (κ2) is 9.76. The minimum atomic E-state index is -5.04. The third kappa shape index (κ3) is 6.36. The van der Waals surface area contributed by atoms with Gasteiger partial charge in [0.1, 0.15) is 0 Å². The van der Waals surface area contributed by atoms with E-state index in [2.05, 4.69) is 0 Å². The molecule has 1 heterocycles. The van der Waals surface area contributed by atoms with Gasteiger partial charge >= 0.3 is 12.4 Å². The summed E-state index contributed by atoms with van der Waals surface area (Å²) in [4.78, 5) is 12.1. The highest BCUT2D eigenvalue weighted by Gasteiger charge is 2.37. The molecule has 1 saturated heterocycles. The number of nitrogens with zero attached hydrogens (tertiary/aromatic N) is 1. The number of hydrogen-bond acceptors (Lipinski definition) is 4. The molecule has 0 aliphatic carbocycles. The van der Waals surface area contributed by atoms with Crippen LogP contribution in [0.25, 0.3) is 6.08 Å². The fourth-order valence-corrected chi connectivity index (χ4v) is 4.48. The highest BCUT2D eigenvalue weighted by molar-refractivity contribution is 7.89. The van der Waals surface area contributed by atoms with Crippen molar-refractivity contribution < 1.29 is 44.3 Å². The molecule has 0 saturated carbocycles. The number of ether oxygens (including phenoxy) is 1. The van der Waals surface area contributed by atoms with Crippen LogP contribution in [-0.2, 0) is 31.9 Å². The van der Waals surface area contributed by atoms with Crippen molar-refractivity contribution in [3.63, 3.8) is 0 Å². The lowest BCUT2D eigenvalue weighted by Gasteiger charge is -2.26.